The normalized spacial score (nSPS) is 9.09. The van der Waals surface area contributed by atoms with Gasteiger partial charge in [-0.1, -0.05) is 19.1 Å². The molecule has 0 atom stereocenters. The third kappa shape index (κ3) is 1.32. The fourth-order valence-corrected chi connectivity index (χ4v) is 1.02. The average molecular weight is 146 g/mol. The van der Waals surface area contributed by atoms with E-state index < -0.39 is 0 Å². The fraction of sp³-hybridized carbons (Fsp3) is 0.222. The molecule has 0 spiro atoms. The first-order valence-electron chi connectivity index (χ1n) is 3.57. The summed E-state index contributed by atoms with van der Waals surface area (Å²) in [5.74, 6) is 0. The van der Waals surface area contributed by atoms with Gasteiger partial charge in [0, 0.05) is 0 Å². The molecular weight excluding hydrogens is 136 g/mol. The first-order valence-corrected chi connectivity index (χ1v) is 3.57. The van der Waals surface area contributed by atoms with Gasteiger partial charge in [0.05, 0.1) is 11.3 Å². The van der Waals surface area contributed by atoms with Gasteiger partial charge in [-0.2, -0.15) is 5.26 Å². The number of benzene rings is 1. The SMILES string of the molecule is CCc1cccc(C#N)c1N. The maximum Gasteiger partial charge on any atom is 0.101 e. The topological polar surface area (TPSA) is 49.8 Å². The number of hydrogen-bond acceptors (Lipinski definition) is 2. The molecule has 56 valence electrons. The summed E-state index contributed by atoms with van der Waals surface area (Å²) in [5.41, 5.74) is 7.92. The molecule has 0 aliphatic rings. The van der Waals surface area contributed by atoms with Gasteiger partial charge in [-0.25, -0.2) is 0 Å². The van der Waals surface area contributed by atoms with Crippen LogP contribution in [0.25, 0.3) is 0 Å². The van der Waals surface area contributed by atoms with E-state index in [-0.39, 0.29) is 0 Å². The minimum Gasteiger partial charge on any atom is -0.397 e. The highest BCUT2D eigenvalue weighted by Gasteiger charge is 2.00. The highest BCUT2D eigenvalue weighted by molar-refractivity contribution is 5.59. The van der Waals surface area contributed by atoms with Crippen LogP contribution in [0.5, 0.6) is 0 Å². The largest absolute Gasteiger partial charge is 0.397 e. The van der Waals surface area contributed by atoms with Crippen molar-refractivity contribution in [3.63, 3.8) is 0 Å². The van der Waals surface area contributed by atoms with Crippen LogP contribution in [0.15, 0.2) is 18.2 Å². The molecule has 2 nitrogen and oxygen atoms in total. The summed E-state index contributed by atoms with van der Waals surface area (Å²) < 4.78 is 0. The van der Waals surface area contributed by atoms with E-state index in [1.54, 1.807) is 6.07 Å². The van der Waals surface area contributed by atoms with Crippen molar-refractivity contribution >= 4 is 5.69 Å². The number of nitrogens with two attached hydrogens (primary N) is 1. The van der Waals surface area contributed by atoms with Gasteiger partial charge in [0.25, 0.3) is 0 Å². The Kier molecular flexibility index (Phi) is 2.12. The fourth-order valence-electron chi connectivity index (χ4n) is 1.02. The molecule has 0 fully saturated rings. The Morgan fingerprint density at radius 3 is 2.82 bits per heavy atom. The molecule has 11 heavy (non-hydrogen) atoms. The molecule has 0 unspecified atom stereocenters. The Hall–Kier alpha value is -1.49. The molecule has 1 rings (SSSR count). The van der Waals surface area contributed by atoms with Crippen molar-refractivity contribution in [2.75, 3.05) is 5.73 Å². The number of nitrogen functional groups attached to an aromatic ring is 1. The Morgan fingerprint density at radius 2 is 2.27 bits per heavy atom. The van der Waals surface area contributed by atoms with E-state index >= 15 is 0 Å². The van der Waals surface area contributed by atoms with Crippen LogP contribution in [0, 0.1) is 11.3 Å². The molecule has 0 saturated heterocycles. The van der Waals surface area contributed by atoms with Gasteiger partial charge in [0.15, 0.2) is 0 Å². The lowest BCUT2D eigenvalue weighted by atomic mass is 10.1. The van der Waals surface area contributed by atoms with Crippen molar-refractivity contribution in [2.24, 2.45) is 0 Å². The van der Waals surface area contributed by atoms with Crippen molar-refractivity contribution in [1.82, 2.24) is 0 Å². The second kappa shape index (κ2) is 3.07. The second-order valence-electron chi connectivity index (χ2n) is 2.34. The van der Waals surface area contributed by atoms with Crippen molar-refractivity contribution in [2.45, 2.75) is 13.3 Å². The van der Waals surface area contributed by atoms with Crippen LogP contribution in [-0.2, 0) is 6.42 Å². The van der Waals surface area contributed by atoms with Gasteiger partial charge in [-0.15, -0.1) is 0 Å². The number of nitrogens with zero attached hydrogens (tertiary/aromatic N) is 1. The Bertz CT molecular complexity index is 297. The maximum atomic E-state index is 8.61. The van der Waals surface area contributed by atoms with E-state index in [0.717, 1.165) is 12.0 Å². The minimum absolute atomic E-state index is 0.573. The summed E-state index contributed by atoms with van der Waals surface area (Å²) in [6.45, 7) is 2.02. The molecule has 0 aliphatic heterocycles. The number of para-hydroxylation sites is 1. The predicted molar refractivity (Wildman–Crippen MR) is 44.9 cm³/mol. The molecule has 2 N–H and O–H groups in total. The first-order chi connectivity index (χ1) is 5.29. The summed E-state index contributed by atoms with van der Waals surface area (Å²) in [6, 6.07) is 7.57. The van der Waals surface area contributed by atoms with Gasteiger partial charge >= 0.3 is 0 Å². The lowest BCUT2D eigenvalue weighted by molar-refractivity contribution is 1.14. The second-order valence-corrected chi connectivity index (χ2v) is 2.34. The van der Waals surface area contributed by atoms with Gasteiger partial charge in [0.2, 0.25) is 0 Å². The zero-order valence-electron chi connectivity index (χ0n) is 6.46. The van der Waals surface area contributed by atoms with Gasteiger partial charge in [0.1, 0.15) is 6.07 Å². The lowest BCUT2D eigenvalue weighted by Crippen LogP contribution is -1.95. The molecule has 1 aromatic carbocycles. The van der Waals surface area contributed by atoms with Crippen LogP contribution in [-0.4, -0.2) is 0 Å². The molecule has 2 heteroatoms. The first kappa shape index (κ1) is 7.62. The molecular formula is C9H10N2. The molecule has 0 amide bonds. The molecule has 1 aromatic rings. The number of aryl methyl sites for hydroxylation is 1. The summed E-state index contributed by atoms with van der Waals surface area (Å²) in [7, 11) is 0. The zero-order valence-corrected chi connectivity index (χ0v) is 6.46. The van der Waals surface area contributed by atoms with E-state index in [0.29, 0.717) is 11.3 Å². The van der Waals surface area contributed by atoms with Gasteiger partial charge < -0.3 is 5.73 Å². The number of nitriles is 1. The number of rotatable bonds is 1. The molecule has 0 radical (unpaired) electrons. The molecule has 0 bridgehead atoms. The van der Waals surface area contributed by atoms with Crippen molar-refractivity contribution in [3.8, 4) is 6.07 Å². The van der Waals surface area contributed by atoms with Crippen LogP contribution in [0.2, 0.25) is 0 Å². The van der Waals surface area contributed by atoms with Crippen LogP contribution in [0.3, 0.4) is 0 Å². The monoisotopic (exact) mass is 146 g/mol. The predicted octanol–water partition coefficient (Wildman–Crippen LogP) is 1.70. The minimum atomic E-state index is 0.573. The highest BCUT2D eigenvalue weighted by Crippen LogP contribution is 2.16. The molecule has 0 aromatic heterocycles. The number of hydrogen-bond donors (Lipinski definition) is 1. The third-order valence-corrected chi connectivity index (χ3v) is 1.70. The van der Waals surface area contributed by atoms with Crippen LogP contribution >= 0.6 is 0 Å². The molecule has 0 heterocycles. The Morgan fingerprint density at radius 1 is 1.55 bits per heavy atom. The van der Waals surface area contributed by atoms with E-state index in [1.165, 1.54) is 0 Å². The number of anilines is 1. The van der Waals surface area contributed by atoms with Gasteiger partial charge in [-0.05, 0) is 18.1 Å². The van der Waals surface area contributed by atoms with E-state index in [2.05, 4.69) is 0 Å². The zero-order chi connectivity index (χ0) is 8.27. The summed E-state index contributed by atoms with van der Waals surface area (Å²) in [6.07, 6.45) is 0.876. The van der Waals surface area contributed by atoms with E-state index in [9.17, 15) is 0 Å². The van der Waals surface area contributed by atoms with Crippen molar-refractivity contribution < 1.29 is 0 Å². The molecule has 0 aliphatic carbocycles. The van der Waals surface area contributed by atoms with Crippen LogP contribution < -0.4 is 5.73 Å². The van der Waals surface area contributed by atoms with Crippen LogP contribution in [0.4, 0.5) is 5.69 Å². The quantitative estimate of drug-likeness (QED) is 0.613. The summed E-state index contributed by atoms with van der Waals surface area (Å²) >= 11 is 0. The third-order valence-electron chi connectivity index (χ3n) is 1.70. The van der Waals surface area contributed by atoms with Crippen molar-refractivity contribution in [3.05, 3.63) is 29.3 Å². The standard InChI is InChI=1S/C9H10N2/c1-2-7-4-3-5-8(6-10)9(7)11/h3-5H,2,11H2,1H3. The highest BCUT2D eigenvalue weighted by atomic mass is 14.6. The summed E-state index contributed by atoms with van der Waals surface area (Å²) in [5, 5.41) is 8.61. The van der Waals surface area contributed by atoms with Gasteiger partial charge in [-0.3, -0.25) is 0 Å². The average Bonchev–Trinajstić information content (AvgIpc) is 2.05. The van der Waals surface area contributed by atoms with Crippen LogP contribution in [0.1, 0.15) is 18.1 Å². The maximum absolute atomic E-state index is 8.61. The van der Waals surface area contributed by atoms with E-state index in [1.807, 2.05) is 25.1 Å². The van der Waals surface area contributed by atoms with Crippen molar-refractivity contribution in [1.29, 1.82) is 5.26 Å². The lowest BCUT2D eigenvalue weighted by Gasteiger charge is -2.02. The smallest absolute Gasteiger partial charge is 0.101 e. The van der Waals surface area contributed by atoms with E-state index in [4.69, 9.17) is 11.0 Å². The Labute approximate surface area is 66.3 Å². The molecule has 0 saturated carbocycles. The summed E-state index contributed by atoms with van der Waals surface area (Å²) in [4.78, 5) is 0. The Balaban J connectivity index is 3.23.